The van der Waals surface area contributed by atoms with Crippen LogP contribution in [0.2, 0.25) is 0 Å². The zero-order chi connectivity index (χ0) is 31.4. The number of aromatic nitrogens is 2. The molecule has 2 aromatic carbocycles. The normalized spacial score (nSPS) is 15.0. The van der Waals surface area contributed by atoms with Crippen molar-refractivity contribution in [3.05, 3.63) is 83.4 Å². The van der Waals surface area contributed by atoms with Crippen molar-refractivity contribution in [3.63, 3.8) is 0 Å². The Morgan fingerprint density at radius 2 is 1.67 bits per heavy atom. The van der Waals surface area contributed by atoms with E-state index in [9.17, 15) is 9.90 Å². The van der Waals surface area contributed by atoms with Crippen LogP contribution >= 0.6 is 0 Å². The molecule has 5 heteroatoms. The third-order valence-electron chi connectivity index (χ3n) is 10.1. The molecule has 0 aliphatic heterocycles. The van der Waals surface area contributed by atoms with Crippen LogP contribution in [0.5, 0.6) is 0 Å². The molecule has 2 heterocycles. The Morgan fingerprint density at radius 3 is 2.31 bits per heavy atom. The Labute approximate surface area is 283 Å². The molecule has 2 aliphatic carbocycles. The van der Waals surface area contributed by atoms with E-state index in [-0.39, 0.29) is 48.9 Å². The molecule has 0 saturated heterocycles. The van der Waals surface area contributed by atoms with Crippen molar-refractivity contribution in [2.24, 2.45) is 17.8 Å². The Hall–Kier alpha value is -2.88. The van der Waals surface area contributed by atoms with Gasteiger partial charge in [-0.1, -0.05) is 101 Å². The van der Waals surface area contributed by atoms with Gasteiger partial charge in [-0.05, 0) is 85.2 Å². The average molecular weight is 782 g/mol. The molecule has 241 valence electrons. The first-order valence-electron chi connectivity index (χ1n) is 16.9. The van der Waals surface area contributed by atoms with Gasteiger partial charge < -0.3 is 10.1 Å². The maximum Gasteiger partial charge on any atom is 0.162 e. The molecule has 1 radical (unpaired) electrons. The number of carbonyl (C=O) groups excluding carboxylic acids is 1. The molecule has 1 spiro atoms. The standard InChI is InChI=1S/C27H25N2.C13H24O2.Ir/c1-17(2)14-18-8-9-19-16-29-26-20-10-13-28-23-7-5-6-22(24(20)23)27(11-3-4-12-27)25(26)21(19)15-18;1-5-10(6-2)12(14)9-13(15)11(7-3)8-4;/h5-9,13,15-17H,3-4,11-12,14H2,1-2H3;9-11,14H,5-8H2,1-4H3;/q-1;;/b;12-9-;. The molecule has 0 unspecified atom stereocenters. The zero-order valence-corrected chi connectivity index (χ0v) is 30.3. The molecule has 4 aromatic rings. The number of carbonyl (C=O) groups is 1. The van der Waals surface area contributed by atoms with Crippen molar-refractivity contribution < 1.29 is 30.0 Å². The van der Waals surface area contributed by atoms with Gasteiger partial charge in [-0.25, -0.2) is 0 Å². The summed E-state index contributed by atoms with van der Waals surface area (Å²) >= 11 is 0. The maximum atomic E-state index is 11.7. The van der Waals surface area contributed by atoms with Crippen LogP contribution in [-0.2, 0) is 36.7 Å². The topological polar surface area (TPSA) is 63.1 Å². The number of aliphatic hydroxyl groups excluding tert-OH is 1. The van der Waals surface area contributed by atoms with E-state index in [1.54, 1.807) is 0 Å². The fourth-order valence-electron chi connectivity index (χ4n) is 7.68. The van der Waals surface area contributed by atoms with E-state index in [1.807, 2.05) is 33.9 Å². The Balaban J connectivity index is 0.000000249. The molecule has 45 heavy (non-hydrogen) atoms. The number of ketones is 1. The monoisotopic (exact) mass is 782 g/mol. The number of aliphatic hydroxyl groups is 1. The minimum Gasteiger partial charge on any atom is -0.512 e. The summed E-state index contributed by atoms with van der Waals surface area (Å²) in [7, 11) is 0. The summed E-state index contributed by atoms with van der Waals surface area (Å²) in [6.45, 7) is 12.7. The summed E-state index contributed by atoms with van der Waals surface area (Å²) < 4.78 is 0. The van der Waals surface area contributed by atoms with Crippen molar-refractivity contribution >= 4 is 27.5 Å². The van der Waals surface area contributed by atoms with Gasteiger partial charge in [0.2, 0.25) is 0 Å². The van der Waals surface area contributed by atoms with Crippen LogP contribution in [0.15, 0.2) is 60.6 Å². The van der Waals surface area contributed by atoms with Gasteiger partial charge in [-0.15, -0.1) is 0 Å². The summed E-state index contributed by atoms with van der Waals surface area (Å²) in [4.78, 5) is 21.4. The molecule has 1 fully saturated rings. The Morgan fingerprint density at radius 1 is 0.978 bits per heavy atom. The minimum atomic E-state index is 0. The van der Waals surface area contributed by atoms with Crippen molar-refractivity contribution in [2.75, 3.05) is 0 Å². The predicted octanol–water partition coefficient (Wildman–Crippen LogP) is 10.5. The molecular formula is C40H49IrN2O2-. The zero-order valence-electron chi connectivity index (χ0n) is 27.9. The first-order valence-corrected chi connectivity index (χ1v) is 16.9. The third kappa shape index (κ3) is 6.81. The molecule has 0 atom stereocenters. The number of allylic oxidation sites excluding steroid dienone is 2. The van der Waals surface area contributed by atoms with Crippen LogP contribution in [0.3, 0.4) is 0 Å². The summed E-state index contributed by atoms with van der Waals surface area (Å²) in [6, 6.07) is 17.1. The first kappa shape index (κ1) is 35.0. The Bertz CT molecular complexity index is 1660. The molecule has 0 amide bonds. The van der Waals surface area contributed by atoms with Crippen molar-refractivity contribution in [2.45, 2.75) is 105 Å². The van der Waals surface area contributed by atoms with E-state index in [2.05, 4.69) is 67.5 Å². The molecule has 4 nitrogen and oxygen atoms in total. The second kappa shape index (κ2) is 15.1. The summed E-state index contributed by atoms with van der Waals surface area (Å²) in [6.07, 6.45) is 14.8. The molecule has 1 saturated carbocycles. The van der Waals surface area contributed by atoms with Gasteiger partial charge in [0, 0.05) is 55.1 Å². The number of rotatable bonds is 9. The largest absolute Gasteiger partial charge is 0.512 e. The minimum absolute atomic E-state index is 0. The smallest absolute Gasteiger partial charge is 0.162 e. The van der Waals surface area contributed by atoms with E-state index in [4.69, 9.17) is 4.98 Å². The summed E-state index contributed by atoms with van der Waals surface area (Å²) in [5.41, 5.74) is 7.71. The molecule has 1 N–H and O–H groups in total. The average Bonchev–Trinajstić information content (AvgIpc) is 3.51. The van der Waals surface area contributed by atoms with Gasteiger partial charge in [-0.3, -0.25) is 9.78 Å². The number of hydrogen-bond acceptors (Lipinski definition) is 4. The van der Waals surface area contributed by atoms with E-state index >= 15 is 0 Å². The fourth-order valence-corrected chi connectivity index (χ4v) is 7.68. The van der Waals surface area contributed by atoms with E-state index < -0.39 is 0 Å². The number of hydrogen-bond donors (Lipinski definition) is 1. The van der Waals surface area contributed by atoms with Crippen molar-refractivity contribution in [1.29, 1.82) is 0 Å². The third-order valence-corrected chi connectivity index (χ3v) is 10.1. The van der Waals surface area contributed by atoms with E-state index in [1.165, 1.54) is 64.6 Å². The van der Waals surface area contributed by atoms with Crippen LogP contribution in [0.1, 0.15) is 110 Å². The van der Waals surface area contributed by atoms with Gasteiger partial charge in [-0.2, -0.15) is 11.6 Å². The SMILES string of the molecule is CC(C)Cc1ccc2cnc3c(c2c1)C1(CCCC1)c1cccc2nc[c-]c-3c12.CCC(CC)C(=O)/C=C(\O)C(CC)CC.[Ir]. The van der Waals surface area contributed by atoms with Crippen molar-refractivity contribution in [1.82, 2.24) is 9.97 Å². The summed E-state index contributed by atoms with van der Waals surface area (Å²) in [5, 5.41) is 13.7. The predicted molar refractivity (Wildman–Crippen MR) is 183 cm³/mol. The van der Waals surface area contributed by atoms with Gasteiger partial charge in [0.05, 0.1) is 5.76 Å². The number of fused-ring (bicyclic) bond motifs is 6. The second-order valence-electron chi connectivity index (χ2n) is 13.3. The summed E-state index contributed by atoms with van der Waals surface area (Å²) in [5.74, 6) is 1.20. The van der Waals surface area contributed by atoms with Crippen LogP contribution < -0.4 is 0 Å². The molecule has 2 aromatic heterocycles. The van der Waals surface area contributed by atoms with Crippen LogP contribution in [0, 0.1) is 23.8 Å². The number of nitrogens with zero attached hydrogens (tertiary/aromatic N) is 2. The van der Waals surface area contributed by atoms with Gasteiger partial charge in [0.25, 0.3) is 0 Å². The Kier molecular flexibility index (Phi) is 11.8. The number of pyridine rings is 2. The first-order chi connectivity index (χ1) is 21.3. The van der Waals surface area contributed by atoms with Gasteiger partial charge in [0.1, 0.15) is 0 Å². The fraction of sp³-hybridized carbons (Fsp3) is 0.475. The second-order valence-corrected chi connectivity index (χ2v) is 13.3. The van der Waals surface area contributed by atoms with Crippen LogP contribution in [0.4, 0.5) is 0 Å². The maximum absolute atomic E-state index is 11.7. The molecular weight excluding hydrogens is 733 g/mol. The molecule has 6 rings (SSSR count). The van der Waals surface area contributed by atoms with Crippen molar-refractivity contribution in [3.8, 4) is 11.3 Å². The van der Waals surface area contributed by atoms with Crippen LogP contribution in [0.25, 0.3) is 32.9 Å². The van der Waals surface area contributed by atoms with Crippen LogP contribution in [-0.4, -0.2) is 20.9 Å². The molecule has 2 aliphatic rings. The van der Waals surface area contributed by atoms with E-state index in [0.29, 0.717) is 5.92 Å². The molecule has 0 bridgehead atoms. The van der Waals surface area contributed by atoms with E-state index in [0.717, 1.165) is 48.9 Å². The quantitative estimate of drug-likeness (QED) is 0.104. The number of benzene rings is 2. The van der Waals surface area contributed by atoms with Gasteiger partial charge >= 0.3 is 0 Å². The van der Waals surface area contributed by atoms with Gasteiger partial charge in [0.15, 0.2) is 5.78 Å².